The van der Waals surface area contributed by atoms with Crippen molar-refractivity contribution in [3.63, 3.8) is 0 Å². The lowest BCUT2D eigenvalue weighted by Crippen LogP contribution is -2.50. The first-order chi connectivity index (χ1) is 9.50. The van der Waals surface area contributed by atoms with Crippen LogP contribution in [0.5, 0.6) is 0 Å². The lowest BCUT2D eigenvalue weighted by molar-refractivity contribution is -0.127. The highest BCUT2D eigenvalue weighted by molar-refractivity contribution is 6.31. The van der Waals surface area contributed by atoms with Crippen LogP contribution in [0.15, 0.2) is 18.2 Å². The van der Waals surface area contributed by atoms with E-state index in [0.29, 0.717) is 5.92 Å². The number of aliphatic hydroxyl groups is 1. The molecular weight excluding hydrogens is 283 g/mol. The van der Waals surface area contributed by atoms with Gasteiger partial charge < -0.3 is 15.7 Å². The number of benzene rings is 1. The van der Waals surface area contributed by atoms with E-state index in [1.165, 1.54) is 18.2 Å². The molecule has 0 spiro atoms. The number of rotatable bonds is 5. The van der Waals surface area contributed by atoms with Crippen molar-refractivity contribution in [2.24, 2.45) is 11.8 Å². The van der Waals surface area contributed by atoms with Crippen LogP contribution in [0.25, 0.3) is 0 Å². The van der Waals surface area contributed by atoms with Crippen LogP contribution in [0.3, 0.4) is 0 Å². The maximum Gasteiger partial charge on any atom is 0.223 e. The molecule has 3 N–H and O–H groups in total. The number of carbonyl (C=O) groups excluding carboxylic acids is 1. The molecule has 0 bridgehead atoms. The summed E-state index contributed by atoms with van der Waals surface area (Å²) in [5, 5.41) is 15.9. The van der Waals surface area contributed by atoms with E-state index in [1.807, 2.05) is 6.92 Å². The summed E-state index contributed by atoms with van der Waals surface area (Å²) in [6.07, 6.45) is -1.15. The van der Waals surface area contributed by atoms with E-state index in [0.717, 1.165) is 13.1 Å². The van der Waals surface area contributed by atoms with Crippen LogP contribution < -0.4 is 10.6 Å². The van der Waals surface area contributed by atoms with Gasteiger partial charge in [-0.05, 0) is 31.1 Å². The Hall–Kier alpha value is -1.17. The lowest BCUT2D eigenvalue weighted by atomic mass is 9.88. The number of hydrogen-bond acceptors (Lipinski definition) is 3. The lowest BCUT2D eigenvalue weighted by Gasteiger charge is -2.31. The first-order valence-electron chi connectivity index (χ1n) is 6.61. The number of aliphatic hydroxyl groups excluding tert-OH is 1. The Labute approximate surface area is 122 Å². The van der Waals surface area contributed by atoms with Crippen molar-refractivity contribution in [3.05, 3.63) is 34.6 Å². The number of hydrogen-bond donors (Lipinski definition) is 3. The largest absolute Gasteiger partial charge is 0.386 e. The highest BCUT2D eigenvalue weighted by Crippen LogP contribution is 2.25. The van der Waals surface area contributed by atoms with E-state index in [1.54, 1.807) is 0 Å². The van der Waals surface area contributed by atoms with Gasteiger partial charge in [0.1, 0.15) is 11.9 Å². The molecule has 2 atom stereocenters. The van der Waals surface area contributed by atoms with Gasteiger partial charge in [0.2, 0.25) is 5.91 Å². The van der Waals surface area contributed by atoms with Crippen molar-refractivity contribution in [2.75, 3.05) is 19.6 Å². The first-order valence-corrected chi connectivity index (χ1v) is 6.99. The summed E-state index contributed by atoms with van der Waals surface area (Å²) in [5.74, 6) is -0.512. The minimum absolute atomic E-state index is 0.0208. The topological polar surface area (TPSA) is 61.4 Å². The van der Waals surface area contributed by atoms with Gasteiger partial charge >= 0.3 is 0 Å². The van der Waals surface area contributed by atoms with Crippen LogP contribution >= 0.6 is 11.6 Å². The molecule has 6 heteroatoms. The van der Waals surface area contributed by atoms with Gasteiger partial charge in [0, 0.05) is 23.0 Å². The van der Waals surface area contributed by atoms with Crippen molar-refractivity contribution in [2.45, 2.75) is 13.0 Å². The molecular formula is C14H18ClFN2O2. The Morgan fingerprint density at radius 3 is 2.85 bits per heavy atom. The van der Waals surface area contributed by atoms with Gasteiger partial charge in [-0.15, -0.1) is 0 Å². The molecule has 1 aromatic rings. The van der Waals surface area contributed by atoms with E-state index in [9.17, 15) is 14.3 Å². The fourth-order valence-electron chi connectivity index (χ4n) is 2.17. The van der Waals surface area contributed by atoms with Crippen LogP contribution in [-0.2, 0) is 4.79 Å². The van der Waals surface area contributed by atoms with Crippen molar-refractivity contribution >= 4 is 17.5 Å². The summed E-state index contributed by atoms with van der Waals surface area (Å²) < 4.78 is 13.6. The normalized spacial score (nSPS) is 18.2. The second kappa shape index (κ2) is 6.52. The van der Waals surface area contributed by atoms with Crippen LogP contribution in [0.1, 0.15) is 18.6 Å². The van der Waals surface area contributed by atoms with Gasteiger partial charge in [0.15, 0.2) is 0 Å². The molecule has 2 rings (SSSR count). The summed E-state index contributed by atoms with van der Waals surface area (Å²) in [6.45, 7) is 3.46. The van der Waals surface area contributed by atoms with E-state index in [4.69, 9.17) is 11.6 Å². The van der Waals surface area contributed by atoms with Crippen molar-refractivity contribution in [3.8, 4) is 0 Å². The molecule has 1 aliphatic heterocycles. The van der Waals surface area contributed by atoms with E-state index in [2.05, 4.69) is 10.6 Å². The Morgan fingerprint density at radius 1 is 1.60 bits per heavy atom. The average Bonchev–Trinajstić information content (AvgIpc) is 2.33. The highest BCUT2D eigenvalue weighted by Gasteiger charge is 2.29. The predicted molar refractivity (Wildman–Crippen MR) is 74.9 cm³/mol. The maximum absolute atomic E-state index is 13.6. The molecule has 0 aliphatic carbocycles. The van der Waals surface area contributed by atoms with Crippen LogP contribution in [0, 0.1) is 17.7 Å². The standard InChI is InChI=1S/C14H18ClFN2O2/c1-8(9-5-17-6-9)14(20)18-7-12(19)13-10(15)3-2-4-11(13)16/h2-4,8-9,12,17,19H,5-7H2,1H3,(H,18,20). The Bertz CT molecular complexity index is 474. The van der Waals surface area contributed by atoms with Gasteiger partial charge in [-0.25, -0.2) is 4.39 Å². The van der Waals surface area contributed by atoms with Gasteiger partial charge in [-0.1, -0.05) is 24.6 Å². The van der Waals surface area contributed by atoms with E-state index < -0.39 is 11.9 Å². The first kappa shape index (κ1) is 15.2. The Kier molecular flexibility index (Phi) is 4.96. The third-order valence-electron chi connectivity index (χ3n) is 3.74. The van der Waals surface area contributed by atoms with Gasteiger partial charge in [0.05, 0.1) is 0 Å². The quantitative estimate of drug-likeness (QED) is 0.772. The van der Waals surface area contributed by atoms with Gasteiger partial charge in [0.25, 0.3) is 0 Å². The van der Waals surface area contributed by atoms with E-state index >= 15 is 0 Å². The zero-order chi connectivity index (χ0) is 14.7. The molecule has 20 heavy (non-hydrogen) atoms. The van der Waals surface area contributed by atoms with Crippen molar-refractivity contribution in [1.82, 2.24) is 10.6 Å². The second-order valence-corrected chi connectivity index (χ2v) is 5.51. The summed E-state index contributed by atoms with van der Waals surface area (Å²) in [6, 6.07) is 4.21. The fourth-order valence-corrected chi connectivity index (χ4v) is 2.46. The molecule has 1 aromatic carbocycles. The minimum Gasteiger partial charge on any atom is -0.386 e. The maximum atomic E-state index is 13.6. The van der Waals surface area contributed by atoms with Crippen LogP contribution in [0.2, 0.25) is 5.02 Å². The zero-order valence-electron chi connectivity index (χ0n) is 11.2. The molecule has 1 fully saturated rings. The monoisotopic (exact) mass is 300 g/mol. The third-order valence-corrected chi connectivity index (χ3v) is 4.07. The van der Waals surface area contributed by atoms with Crippen LogP contribution in [-0.4, -0.2) is 30.6 Å². The Morgan fingerprint density at radius 2 is 2.30 bits per heavy atom. The van der Waals surface area contributed by atoms with Crippen LogP contribution in [0.4, 0.5) is 4.39 Å². The molecule has 4 nitrogen and oxygen atoms in total. The average molecular weight is 301 g/mol. The van der Waals surface area contributed by atoms with Gasteiger partial charge in [-0.2, -0.15) is 0 Å². The molecule has 1 heterocycles. The van der Waals surface area contributed by atoms with Gasteiger partial charge in [-0.3, -0.25) is 4.79 Å². The smallest absolute Gasteiger partial charge is 0.223 e. The second-order valence-electron chi connectivity index (χ2n) is 5.10. The number of nitrogens with one attached hydrogen (secondary N) is 2. The van der Waals surface area contributed by atoms with E-state index in [-0.39, 0.29) is 29.0 Å². The minimum atomic E-state index is -1.15. The summed E-state index contributed by atoms with van der Waals surface area (Å²) in [5.41, 5.74) is 0.0208. The number of halogens is 2. The fraction of sp³-hybridized carbons (Fsp3) is 0.500. The summed E-state index contributed by atoms with van der Waals surface area (Å²) in [7, 11) is 0. The molecule has 0 radical (unpaired) electrons. The molecule has 1 amide bonds. The molecule has 1 aliphatic rings. The Balaban J connectivity index is 1.91. The molecule has 1 saturated heterocycles. The predicted octanol–water partition coefficient (Wildman–Crippen LogP) is 1.48. The van der Waals surface area contributed by atoms with Crippen molar-refractivity contribution in [1.29, 1.82) is 0 Å². The summed E-state index contributed by atoms with van der Waals surface area (Å²) in [4.78, 5) is 11.9. The SMILES string of the molecule is CC(C(=O)NCC(O)c1c(F)cccc1Cl)C1CNC1. The number of carbonyl (C=O) groups is 1. The summed E-state index contributed by atoms with van der Waals surface area (Å²) >= 11 is 5.86. The highest BCUT2D eigenvalue weighted by atomic mass is 35.5. The molecule has 110 valence electrons. The van der Waals surface area contributed by atoms with Crippen molar-refractivity contribution < 1.29 is 14.3 Å². The zero-order valence-corrected chi connectivity index (χ0v) is 12.0. The molecule has 0 aromatic heterocycles. The third kappa shape index (κ3) is 3.29. The number of amides is 1. The molecule has 0 saturated carbocycles. The molecule has 2 unspecified atom stereocenters.